The number of anilines is 1. The summed E-state index contributed by atoms with van der Waals surface area (Å²) in [5.74, 6) is 0.539. The van der Waals surface area contributed by atoms with Crippen molar-refractivity contribution < 1.29 is 17.6 Å². The lowest BCUT2D eigenvalue weighted by atomic mass is 9.87. The number of sulfonamides is 1. The van der Waals surface area contributed by atoms with Crippen LogP contribution >= 0.6 is 0 Å². The molecule has 0 atom stereocenters. The molecule has 1 aliphatic rings. The lowest BCUT2D eigenvalue weighted by Crippen LogP contribution is -2.50. The van der Waals surface area contributed by atoms with Gasteiger partial charge in [-0.25, -0.2) is 18.1 Å². The second-order valence-corrected chi connectivity index (χ2v) is 17.6. The monoisotopic (exact) mass is 506 g/mol. The number of nitrogens with zero attached hydrogens (tertiary/aromatic N) is 4. The Morgan fingerprint density at radius 2 is 2.06 bits per heavy atom. The zero-order chi connectivity index (χ0) is 24.3. The van der Waals surface area contributed by atoms with Crippen LogP contribution in [0.3, 0.4) is 0 Å². The molecule has 34 heavy (non-hydrogen) atoms. The van der Waals surface area contributed by atoms with Gasteiger partial charge in [0.05, 0.1) is 17.0 Å². The summed E-state index contributed by atoms with van der Waals surface area (Å²) >= 11 is 0. The Morgan fingerprint density at radius 1 is 1.26 bits per heavy atom. The first kappa shape index (κ1) is 24.8. The summed E-state index contributed by atoms with van der Waals surface area (Å²) in [6.45, 7) is 10.0. The van der Waals surface area contributed by atoms with Crippen LogP contribution in [0.15, 0.2) is 29.3 Å². The van der Waals surface area contributed by atoms with Crippen molar-refractivity contribution in [2.45, 2.75) is 70.7 Å². The van der Waals surface area contributed by atoms with Crippen molar-refractivity contribution in [1.29, 1.82) is 0 Å². The van der Waals surface area contributed by atoms with Crippen LogP contribution in [0.4, 0.5) is 5.69 Å². The molecule has 0 bridgehead atoms. The van der Waals surface area contributed by atoms with Crippen LogP contribution in [0.2, 0.25) is 25.7 Å². The van der Waals surface area contributed by atoms with Crippen LogP contribution in [-0.2, 0) is 21.5 Å². The number of ether oxygens (including phenoxy) is 1. The minimum atomic E-state index is -3.22. The molecule has 4 rings (SSSR count). The second-order valence-electron chi connectivity index (χ2n) is 10.1. The molecule has 1 fully saturated rings. The summed E-state index contributed by atoms with van der Waals surface area (Å²) in [6, 6.07) is 3.19. The summed E-state index contributed by atoms with van der Waals surface area (Å²) in [5.41, 5.74) is 2.38. The van der Waals surface area contributed by atoms with E-state index in [2.05, 4.69) is 44.9 Å². The van der Waals surface area contributed by atoms with E-state index in [-0.39, 0.29) is 17.8 Å². The summed E-state index contributed by atoms with van der Waals surface area (Å²) in [6.07, 6.45) is 7.01. The Kier molecular flexibility index (Phi) is 7.41. The van der Waals surface area contributed by atoms with Crippen LogP contribution in [-0.4, -0.2) is 60.7 Å². The summed E-state index contributed by atoms with van der Waals surface area (Å²) in [5, 5.41) is 12.4. The number of fused-ring (bicyclic) bond motifs is 1. The van der Waals surface area contributed by atoms with Crippen molar-refractivity contribution in [2.75, 3.05) is 17.7 Å². The maximum atomic E-state index is 12.1. The number of aromatic nitrogens is 4. The molecule has 1 aliphatic carbocycles. The van der Waals surface area contributed by atoms with Gasteiger partial charge < -0.3 is 19.0 Å². The van der Waals surface area contributed by atoms with Gasteiger partial charge in [-0.2, -0.15) is 0 Å². The van der Waals surface area contributed by atoms with E-state index in [0.29, 0.717) is 31.9 Å². The van der Waals surface area contributed by atoms with Gasteiger partial charge in [0, 0.05) is 44.5 Å². The fourth-order valence-corrected chi connectivity index (χ4v) is 6.12. The van der Waals surface area contributed by atoms with Gasteiger partial charge in [0.2, 0.25) is 16.4 Å². The average molecular weight is 507 g/mol. The summed E-state index contributed by atoms with van der Waals surface area (Å²) in [4.78, 5) is 4.65. The highest BCUT2D eigenvalue weighted by Crippen LogP contribution is 2.36. The normalized spacial score (nSPS) is 18.8. The summed E-state index contributed by atoms with van der Waals surface area (Å²) in [7, 11) is -4.37. The van der Waals surface area contributed by atoms with E-state index in [9.17, 15) is 8.42 Å². The molecule has 3 aromatic heterocycles. The molecule has 1 saturated carbocycles. The molecule has 186 valence electrons. The lowest BCUT2D eigenvalue weighted by molar-refractivity contribution is 0.0899. The van der Waals surface area contributed by atoms with E-state index in [1.165, 1.54) is 6.39 Å². The van der Waals surface area contributed by atoms with Crippen molar-refractivity contribution >= 4 is 34.8 Å². The zero-order valence-corrected chi connectivity index (χ0v) is 22.1. The maximum absolute atomic E-state index is 12.1. The lowest BCUT2D eigenvalue weighted by Gasteiger charge is -2.37. The van der Waals surface area contributed by atoms with Gasteiger partial charge in [-0.15, -0.1) is 10.2 Å². The van der Waals surface area contributed by atoms with Gasteiger partial charge in [-0.1, -0.05) is 26.6 Å². The number of hydrogen-bond donors (Lipinski definition) is 2. The molecule has 3 aromatic rings. The number of pyridine rings is 1. The highest BCUT2D eigenvalue weighted by Gasteiger charge is 2.33. The highest BCUT2D eigenvalue weighted by molar-refractivity contribution is 7.89. The third kappa shape index (κ3) is 6.04. The van der Waals surface area contributed by atoms with E-state index in [4.69, 9.17) is 9.15 Å². The van der Waals surface area contributed by atoms with E-state index in [1.54, 1.807) is 6.20 Å². The van der Waals surface area contributed by atoms with E-state index in [1.807, 2.05) is 23.8 Å². The topological polar surface area (TPSA) is 124 Å². The van der Waals surface area contributed by atoms with Crippen LogP contribution in [0.1, 0.15) is 26.2 Å². The second kappa shape index (κ2) is 10.1. The molecule has 0 radical (unpaired) electrons. The average Bonchev–Trinajstić information content (AvgIpc) is 3.39. The van der Waals surface area contributed by atoms with Crippen LogP contribution in [0.25, 0.3) is 22.5 Å². The standard InChI is InChI=1S/C22H34N6O4SSi/c1-5-9-33(29,30)27-17-11-16(12-17)25-20-18-6-7-28(15-31-8-10-34(2,3)4)21(18)23-13-19(20)22-26-24-14-32-22/h6-7,13-14,16-17,27H,5,8-12,15H2,1-4H3,(H,23,25)/t16-,17+. The van der Waals surface area contributed by atoms with Gasteiger partial charge in [0.1, 0.15) is 12.4 Å². The molecule has 0 unspecified atom stereocenters. The number of hydrogen-bond acceptors (Lipinski definition) is 8. The minimum Gasteiger partial charge on any atom is -0.423 e. The largest absolute Gasteiger partial charge is 0.423 e. The van der Waals surface area contributed by atoms with Gasteiger partial charge in [0.25, 0.3) is 5.89 Å². The first-order valence-electron chi connectivity index (χ1n) is 11.7. The van der Waals surface area contributed by atoms with Gasteiger partial charge in [-0.3, -0.25) is 0 Å². The maximum Gasteiger partial charge on any atom is 0.251 e. The number of nitrogens with one attached hydrogen (secondary N) is 2. The van der Waals surface area contributed by atoms with Crippen molar-refractivity contribution in [3.63, 3.8) is 0 Å². The number of rotatable bonds is 12. The molecular formula is C22H34N6O4SSi. The van der Waals surface area contributed by atoms with Crippen molar-refractivity contribution in [3.8, 4) is 11.5 Å². The smallest absolute Gasteiger partial charge is 0.251 e. The predicted octanol–water partition coefficient (Wildman–Crippen LogP) is 3.67. The molecule has 0 aromatic carbocycles. The molecule has 10 nitrogen and oxygen atoms in total. The SMILES string of the molecule is CCCS(=O)(=O)N[C@H]1C[C@@H](Nc2c(-c3nnco3)cnc3c2ccn3COCC[Si](C)(C)C)C1. The third-order valence-corrected chi connectivity index (χ3v) is 9.25. The van der Waals surface area contributed by atoms with Crippen LogP contribution in [0, 0.1) is 0 Å². The zero-order valence-electron chi connectivity index (χ0n) is 20.2. The Morgan fingerprint density at radius 3 is 2.74 bits per heavy atom. The fraction of sp³-hybridized carbons (Fsp3) is 0.591. The van der Waals surface area contributed by atoms with Crippen LogP contribution < -0.4 is 10.0 Å². The molecule has 2 N–H and O–H groups in total. The fourth-order valence-electron chi connectivity index (χ4n) is 4.01. The highest BCUT2D eigenvalue weighted by atomic mass is 32.2. The van der Waals surface area contributed by atoms with Crippen molar-refractivity contribution in [1.82, 2.24) is 24.5 Å². The Bertz CT molecular complexity index is 1200. The first-order chi connectivity index (χ1) is 16.1. The molecule has 0 amide bonds. The Hall–Kier alpha value is -2.28. The van der Waals surface area contributed by atoms with Gasteiger partial charge >= 0.3 is 0 Å². The Labute approximate surface area is 201 Å². The van der Waals surface area contributed by atoms with E-state index >= 15 is 0 Å². The molecule has 0 spiro atoms. The minimum absolute atomic E-state index is 0.0532. The first-order valence-corrected chi connectivity index (χ1v) is 17.1. The third-order valence-electron chi connectivity index (χ3n) is 5.91. The molecular weight excluding hydrogens is 472 g/mol. The van der Waals surface area contributed by atoms with E-state index < -0.39 is 18.1 Å². The molecule has 0 saturated heterocycles. The quantitative estimate of drug-likeness (QED) is 0.282. The molecule has 0 aliphatic heterocycles. The van der Waals surface area contributed by atoms with Gasteiger partial charge in [0.15, 0.2) is 0 Å². The van der Waals surface area contributed by atoms with Crippen molar-refractivity contribution in [3.05, 3.63) is 24.9 Å². The van der Waals surface area contributed by atoms with E-state index in [0.717, 1.165) is 34.9 Å². The van der Waals surface area contributed by atoms with Gasteiger partial charge in [-0.05, 0) is 31.4 Å². The Balaban J connectivity index is 1.50. The molecule has 12 heteroatoms. The summed E-state index contributed by atoms with van der Waals surface area (Å²) < 4.78 is 40.3. The van der Waals surface area contributed by atoms with Crippen molar-refractivity contribution in [2.24, 2.45) is 0 Å². The van der Waals surface area contributed by atoms with Crippen LogP contribution in [0.5, 0.6) is 0 Å². The predicted molar refractivity (Wildman–Crippen MR) is 135 cm³/mol. The molecule has 3 heterocycles.